The first-order valence-electron chi connectivity index (χ1n) is 11.0. The van der Waals surface area contributed by atoms with Gasteiger partial charge in [0.1, 0.15) is 10.6 Å². The highest BCUT2D eigenvalue weighted by Gasteiger charge is 2.20. The summed E-state index contributed by atoms with van der Waals surface area (Å²) in [6, 6.07) is 17.4. The van der Waals surface area contributed by atoms with Crippen LogP contribution in [-0.2, 0) is 11.8 Å². The normalized spacial score (nSPS) is 12.1. The molecule has 176 valence electrons. The Morgan fingerprint density at radius 1 is 1.15 bits per heavy atom. The molecular formula is C26H27N3O3S2. The smallest absolute Gasteiger partial charge is 0.263 e. The largest absolute Gasteiger partial charge is 0.497 e. The molecule has 0 aliphatic heterocycles. The van der Waals surface area contributed by atoms with Gasteiger partial charge in [0.05, 0.1) is 24.3 Å². The van der Waals surface area contributed by atoms with E-state index in [0.29, 0.717) is 15.4 Å². The molecule has 0 radical (unpaired) electrons. The van der Waals surface area contributed by atoms with Crippen molar-refractivity contribution in [2.24, 2.45) is 13.0 Å². The van der Waals surface area contributed by atoms with E-state index < -0.39 is 0 Å². The number of nitrogens with one attached hydrogen (secondary N) is 1. The number of hydrogen-bond acceptors (Lipinski definition) is 6. The maximum absolute atomic E-state index is 13.2. The van der Waals surface area contributed by atoms with E-state index in [9.17, 15) is 9.59 Å². The monoisotopic (exact) mass is 493 g/mol. The Hall–Kier alpha value is -3.10. The fourth-order valence-electron chi connectivity index (χ4n) is 3.80. The highest BCUT2D eigenvalue weighted by molar-refractivity contribution is 7.99. The van der Waals surface area contributed by atoms with Crippen LogP contribution in [0.3, 0.4) is 0 Å². The molecular weight excluding hydrogens is 466 g/mol. The molecule has 2 aromatic heterocycles. The molecule has 0 fully saturated rings. The Bertz CT molecular complexity index is 1350. The minimum absolute atomic E-state index is 0.105. The lowest BCUT2D eigenvalue weighted by Gasteiger charge is -2.23. The lowest BCUT2D eigenvalue weighted by molar-refractivity contribution is -0.119. The van der Waals surface area contributed by atoms with Crippen LogP contribution >= 0.6 is 23.1 Å². The summed E-state index contributed by atoms with van der Waals surface area (Å²) in [6.45, 7) is 4.14. The van der Waals surface area contributed by atoms with Crippen molar-refractivity contribution in [1.82, 2.24) is 14.9 Å². The molecule has 0 aliphatic carbocycles. The van der Waals surface area contributed by atoms with E-state index in [1.807, 2.05) is 60.0 Å². The number of rotatable bonds is 8. The number of aromatic nitrogens is 2. The topological polar surface area (TPSA) is 73.2 Å². The van der Waals surface area contributed by atoms with Crippen molar-refractivity contribution >= 4 is 39.2 Å². The van der Waals surface area contributed by atoms with Crippen molar-refractivity contribution in [2.75, 3.05) is 12.9 Å². The number of hydrogen-bond donors (Lipinski definition) is 1. The minimum Gasteiger partial charge on any atom is -0.497 e. The van der Waals surface area contributed by atoms with Gasteiger partial charge in [0.25, 0.3) is 5.56 Å². The molecule has 6 nitrogen and oxygen atoms in total. The van der Waals surface area contributed by atoms with E-state index in [4.69, 9.17) is 9.72 Å². The average Bonchev–Trinajstić information content (AvgIpc) is 3.28. The van der Waals surface area contributed by atoms with Gasteiger partial charge in [-0.25, -0.2) is 4.98 Å². The Kier molecular flexibility index (Phi) is 7.38. The molecule has 0 bridgehead atoms. The van der Waals surface area contributed by atoms with Crippen LogP contribution in [0.1, 0.15) is 25.5 Å². The summed E-state index contributed by atoms with van der Waals surface area (Å²) in [4.78, 5) is 31.3. The van der Waals surface area contributed by atoms with Crippen molar-refractivity contribution in [1.29, 1.82) is 0 Å². The summed E-state index contributed by atoms with van der Waals surface area (Å²) < 4.78 is 6.76. The summed E-state index contributed by atoms with van der Waals surface area (Å²) in [5.74, 6) is 1.05. The van der Waals surface area contributed by atoms with E-state index in [2.05, 4.69) is 19.2 Å². The quantitative estimate of drug-likeness (QED) is 0.267. The predicted molar refractivity (Wildman–Crippen MR) is 140 cm³/mol. The maximum atomic E-state index is 13.2. The molecule has 4 rings (SSSR count). The Balaban J connectivity index is 1.51. The fraction of sp³-hybridized carbons (Fsp3) is 0.269. The molecule has 0 saturated carbocycles. The van der Waals surface area contributed by atoms with Gasteiger partial charge in [-0.05, 0) is 29.2 Å². The number of thiophene rings is 1. The first-order valence-corrected chi connectivity index (χ1v) is 12.8. The second-order valence-corrected chi connectivity index (χ2v) is 10.1. The number of thioether (sulfide) groups is 1. The van der Waals surface area contributed by atoms with E-state index >= 15 is 0 Å². The van der Waals surface area contributed by atoms with Gasteiger partial charge in [-0.3, -0.25) is 14.2 Å². The molecule has 1 atom stereocenters. The van der Waals surface area contributed by atoms with Crippen molar-refractivity contribution in [3.05, 3.63) is 75.9 Å². The van der Waals surface area contributed by atoms with Gasteiger partial charge in [-0.2, -0.15) is 0 Å². The summed E-state index contributed by atoms with van der Waals surface area (Å²) in [5, 5.41) is 6.24. The van der Waals surface area contributed by atoms with Gasteiger partial charge < -0.3 is 10.1 Å². The fourth-order valence-corrected chi connectivity index (χ4v) is 5.58. The molecule has 0 aliphatic rings. The SMILES string of the molecule is COc1ccc(C(NC(=O)CSc2nc3scc(-c4ccccc4)c3c(=O)n2C)C(C)C)cc1. The third-order valence-electron chi connectivity index (χ3n) is 5.65. The number of methoxy groups -OCH3 is 1. The van der Waals surface area contributed by atoms with Crippen LogP contribution in [0.5, 0.6) is 5.75 Å². The third-order valence-corrected chi connectivity index (χ3v) is 7.55. The summed E-state index contributed by atoms with van der Waals surface area (Å²) in [6.07, 6.45) is 0. The number of ether oxygens (including phenoxy) is 1. The Morgan fingerprint density at radius 3 is 2.50 bits per heavy atom. The number of carbonyl (C=O) groups excluding carboxylic acids is 1. The van der Waals surface area contributed by atoms with Gasteiger partial charge in [0, 0.05) is 18.0 Å². The van der Waals surface area contributed by atoms with Crippen molar-refractivity contribution in [2.45, 2.75) is 25.0 Å². The first kappa shape index (κ1) is 24.0. The zero-order chi connectivity index (χ0) is 24.2. The molecule has 4 aromatic rings. The molecule has 2 heterocycles. The van der Waals surface area contributed by atoms with E-state index in [1.54, 1.807) is 14.2 Å². The first-order chi connectivity index (χ1) is 16.4. The number of carbonyl (C=O) groups is 1. The van der Waals surface area contributed by atoms with Gasteiger partial charge in [0.2, 0.25) is 5.91 Å². The lowest BCUT2D eigenvalue weighted by Crippen LogP contribution is -2.33. The molecule has 0 saturated heterocycles. The highest BCUT2D eigenvalue weighted by atomic mass is 32.2. The molecule has 0 spiro atoms. The van der Waals surface area contributed by atoms with Crippen LogP contribution in [-0.4, -0.2) is 28.3 Å². The van der Waals surface area contributed by atoms with Crippen LogP contribution < -0.4 is 15.6 Å². The van der Waals surface area contributed by atoms with E-state index in [1.165, 1.54) is 27.7 Å². The van der Waals surface area contributed by atoms with Gasteiger partial charge in [-0.15, -0.1) is 11.3 Å². The Labute approximate surface area is 207 Å². The average molecular weight is 494 g/mol. The summed E-state index contributed by atoms with van der Waals surface area (Å²) in [7, 11) is 3.33. The third kappa shape index (κ3) is 5.03. The molecule has 1 N–H and O–H groups in total. The molecule has 8 heteroatoms. The number of fused-ring (bicyclic) bond motifs is 1. The number of benzene rings is 2. The molecule has 1 unspecified atom stereocenters. The maximum Gasteiger partial charge on any atom is 0.263 e. The summed E-state index contributed by atoms with van der Waals surface area (Å²) >= 11 is 2.72. The van der Waals surface area contributed by atoms with Crippen LogP contribution in [0.25, 0.3) is 21.3 Å². The second kappa shape index (κ2) is 10.4. The van der Waals surface area contributed by atoms with E-state index in [-0.39, 0.29) is 29.2 Å². The molecule has 2 aromatic carbocycles. The van der Waals surface area contributed by atoms with Gasteiger partial charge >= 0.3 is 0 Å². The van der Waals surface area contributed by atoms with Crippen molar-refractivity contribution < 1.29 is 9.53 Å². The lowest BCUT2D eigenvalue weighted by atomic mass is 9.96. The summed E-state index contributed by atoms with van der Waals surface area (Å²) in [5.41, 5.74) is 2.80. The zero-order valence-corrected chi connectivity index (χ0v) is 21.2. The molecule has 34 heavy (non-hydrogen) atoms. The van der Waals surface area contributed by atoms with Crippen LogP contribution in [0.2, 0.25) is 0 Å². The second-order valence-electron chi connectivity index (χ2n) is 8.31. The Morgan fingerprint density at radius 2 is 1.85 bits per heavy atom. The highest BCUT2D eigenvalue weighted by Crippen LogP contribution is 2.32. The zero-order valence-electron chi connectivity index (χ0n) is 19.6. The number of amides is 1. The van der Waals surface area contributed by atoms with Crippen molar-refractivity contribution in [3.8, 4) is 16.9 Å². The predicted octanol–water partition coefficient (Wildman–Crippen LogP) is 5.28. The van der Waals surface area contributed by atoms with E-state index in [0.717, 1.165) is 22.4 Å². The van der Waals surface area contributed by atoms with Crippen LogP contribution in [0.4, 0.5) is 0 Å². The van der Waals surface area contributed by atoms with Crippen molar-refractivity contribution in [3.63, 3.8) is 0 Å². The van der Waals surface area contributed by atoms with Crippen LogP contribution in [0, 0.1) is 5.92 Å². The number of nitrogens with zero attached hydrogens (tertiary/aromatic N) is 2. The standard InChI is InChI=1S/C26H27N3O3S2/c1-16(2)23(18-10-12-19(32-4)13-11-18)27-21(30)15-34-26-28-24-22(25(31)29(26)3)20(14-33-24)17-8-6-5-7-9-17/h5-14,16,23H,15H2,1-4H3,(H,27,30). The van der Waals surface area contributed by atoms with Gasteiger partial charge in [-0.1, -0.05) is 68.1 Å². The minimum atomic E-state index is -0.121. The van der Waals surface area contributed by atoms with Gasteiger partial charge in [0.15, 0.2) is 5.16 Å². The van der Waals surface area contributed by atoms with Crippen LogP contribution in [0.15, 0.2) is 69.9 Å². The molecule has 1 amide bonds.